The predicted molar refractivity (Wildman–Crippen MR) is 83.2 cm³/mol. The van der Waals surface area contributed by atoms with Crippen molar-refractivity contribution in [2.75, 3.05) is 6.54 Å². The van der Waals surface area contributed by atoms with Gasteiger partial charge in [0.2, 0.25) is 0 Å². The van der Waals surface area contributed by atoms with Crippen LogP contribution in [-0.4, -0.2) is 17.6 Å². The lowest BCUT2D eigenvalue weighted by Gasteiger charge is -2.31. The van der Waals surface area contributed by atoms with Crippen molar-refractivity contribution in [3.8, 4) is 0 Å². The summed E-state index contributed by atoms with van der Waals surface area (Å²) in [4.78, 5) is 12.1. The van der Waals surface area contributed by atoms with Crippen LogP contribution in [0, 0.1) is 11.3 Å². The Morgan fingerprint density at radius 1 is 1.33 bits per heavy atom. The van der Waals surface area contributed by atoms with E-state index in [2.05, 4.69) is 19.2 Å². The molecule has 0 spiro atoms. The van der Waals surface area contributed by atoms with Gasteiger partial charge in [0, 0.05) is 12.1 Å². The number of fused-ring (bicyclic) bond motifs is 1. The molecule has 1 heterocycles. The SMILES string of the molecule is CC1(C)CCCC1C(O)c1ccc2c(c1)C(=O)NCCC2. The summed E-state index contributed by atoms with van der Waals surface area (Å²) in [5.74, 6) is 0.284. The van der Waals surface area contributed by atoms with Gasteiger partial charge in [0.1, 0.15) is 0 Å². The third kappa shape index (κ3) is 2.71. The minimum atomic E-state index is -0.469. The van der Waals surface area contributed by atoms with Gasteiger partial charge in [-0.3, -0.25) is 4.79 Å². The number of rotatable bonds is 2. The largest absolute Gasteiger partial charge is 0.388 e. The molecule has 2 aliphatic rings. The summed E-state index contributed by atoms with van der Waals surface area (Å²) in [6, 6.07) is 5.95. The summed E-state index contributed by atoms with van der Waals surface area (Å²) in [6.45, 7) is 5.22. The van der Waals surface area contributed by atoms with Gasteiger partial charge in [0.05, 0.1) is 6.10 Å². The fourth-order valence-corrected chi connectivity index (χ4v) is 3.95. The molecule has 0 radical (unpaired) electrons. The number of hydrogen-bond donors (Lipinski definition) is 2. The normalized spacial score (nSPS) is 25.9. The van der Waals surface area contributed by atoms with Crippen LogP contribution in [0.5, 0.6) is 0 Å². The van der Waals surface area contributed by atoms with Gasteiger partial charge in [-0.2, -0.15) is 0 Å². The summed E-state index contributed by atoms with van der Waals surface area (Å²) in [7, 11) is 0. The molecular weight excluding hydrogens is 262 g/mol. The van der Waals surface area contributed by atoms with Crippen LogP contribution in [0.15, 0.2) is 18.2 Å². The highest BCUT2D eigenvalue weighted by Gasteiger charge is 2.39. The molecule has 21 heavy (non-hydrogen) atoms. The Hall–Kier alpha value is -1.35. The smallest absolute Gasteiger partial charge is 0.251 e. The van der Waals surface area contributed by atoms with Crippen molar-refractivity contribution < 1.29 is 9.90 Å². The van der Waals surface area contributed by atoms with E-state index in [1.807, 2.05) is 18.2 Å². The zero-order valence-corrected chi connectivity index (χ0v) is 13.0. The first-order valence-corrected chi connectivity index (χ1v) is 8.08. The van der Waals surface area contributed by atoms with Gasteiger partial charge in [0.15, 0.2) is 0 Å². The lowest BCUT2D eigenvalue weighted by Crippen LogP contribution is -2.25. The molecule has 3 heteroatoms. The van der Waals surface area contributed by atoms with Crippen molar-refractivity contribution in [1.82, 2.24) is 5.32 Å². The standard InChI is InChI=1S/C18H25NO2/c1-18(2)9-3-6-15(18)16(20)13-8-7-12-5-4-10-19-17(21)14(12)11-13/h7-8,11,15-16,20H,3-6,9-10H2,1-2H3,(H,19,21). The number of aliphatic hydroxyl groups excluding tert-OH is 1. The summed E-state index contributed by atoms with van der Waals surface area (Å²) in [6.07, 6.45) is 4.86. The Balaban J connectivity index is 1.91. The molecule has 1 aromatic rings. The molecule has 0 aromatic heterocycles. The predicted octanol–water partition coefficient (Wildman–Crippen LogP) is 3.22. The summed E-state index contributed by atoms with van der Waals surface area (Å²) in [5.41, 5.74) is 2.92. The van der Waals surface area contributed by atoms with E-state index < -0.39 is 6.10 Å². The van der Waals surface area contributed by atoms with Crippen molar-refractivity contribution in [2.24, 2.45) is 11.3 Å². The highest BCUT2D eigenvalue weighted by Crippen LogP contribution is 2.48. The van der Waals surface area contributed by atoms with E-state index in [9.17, 15) is 9.90 Å². The number of hydrogen-bond acceptors (Lipinski definition) is 2. The minimum Gasteiger partial charge on any atom is -0.388 e. The summed E-state index contributed by atoms with van der Waals surface area (Å²) < 4.78 is 0. The second-order valence-electron chi connectivity index (χ2n) is 7.21. The molecule has 0 saturated heterocycles. The van der Waals surface area contributed by atoms with E-state index in [1.165, 1.54) is 12.8 Å². The zero-order valence-electron chi connectivity index (χ0n) is 13.0. The average Bonchev–Trinajstić information content (AvgIpc) is 2.70. The second-order valence-corrected chi connectivity index (χ2v) is 7.21. The summed E-state index contributed by atoms with van der Waals surface area (Å²) >= 11 is 0. The van der Waals surface area contributed by atoms with Crippen molar-refractivity contribution in [1.29, 1.82) is 0 Å². The quantitative estimate of drug-likeness (QED) is 0.877. The van der Waals surface area contributed by atoms with Crippen molar-refractivity contribution >= 4 is 5.91 Å². The number of carbonyl (C=O) groups is 1. The van der Waals surface area contributed by atoms with E-state index in [4.69, 9.17) is 0 Å². The molecule has 2 unspecified atom stereocenters. The maximum atomic E-state index is 12.1. The van der Waals surface area contributed by atoms with Gasteiger partial charge in [-0.05, 0) is 54.2 Å². The van der Waals surface area contributed by atoms with Crippen LogP contribution in [0.2, 0.25) is 0 Å². The third-order valence-electron chi connectivity index (χ3n) is 5.35. The Kier molecular flexibility index (Phi) is 3.78. The molecule has 1 amide bonds. The fourth-order valence-electron chi connectivity index (χ4n) is 3.95. The molecule has 114 valence electrons. The molecule has 3 rings (SSSR count). The lowest BCUT2D eigenvalue weighted by atomic mass is 9.76. The second kappa shape index (κ2) is 5.45. The number of carbonyl (C=O) groups excluding carboxylic acids is 1. The number of aliphatic hydroxyl groups is 1. The van der Waals surface area contributed by atoms with Gasteiger partial charge < -0.3 is 10.4 Å². The number of aryl methyl sites for hydroxylation is 1. The molecule has 1 aliphatic carbocycles. The number of amides is 1. The van der Waals surface area contributed by atoms with Crippen molar-refractivity contribution in [2.45, 2.75) is 52.1 Å². The minimum absolute atomic E-state index is 0.00207. The molecule has 1 aliphatic heterocycles. The number of benzene rings is 1. The Bertz CT molecular complexity index is 550. The van der Waals surface area contributed by atoms with E-state index in [0.29, 0.717) is 0 Å². The first kappa shape index (κ1) is 14.6. The molecular formula is C18H25NO2. The van der Waals surface area contributed by atoms with Gasteiger partial charge in [-0.25, -0.2) is 0 Å². The Labute approximate surface area is 126 Å². The topological polar surface area (TPSA) is 49.3 Å². The molecule has 0 bridgehead atoms. The first-order chi connectivity index (χ1) is 9.99. The van der Waals surface area contributed by atoms with Gasteiger partial charge in [0.25, 0.3) is 5.91 Å². The Morgan fingerprint density at radius 3 is 2.86 bits per heavy atom. The molecule has 1 saturated carbocycles. The van der Waals surface area contributed by atoms with Crippen LogP contribution in [0.25, 0.3) is 0 Å². The van der Waals surface area contributed by atoms with Crippen LogP contribution < -0.4 is 5.32 Å². The van der Waals surface area contributed by atoms with Crippen molar-refractivity contribution in [3.05, 3.63) is 34.9 Å². The first-order valence-electron chi connectivity index (χ1n) is 8.08. The highest BCUT2D eigenvalue weighted by atomic mass is 16.3. The van der Waals surface area contributed by atoms with E-state index in [0.717, 1.165) is 42.5 Å². The molecule has 2 N–H and O–H groups in total. The lowest BCUT2D eigenvalue weighted by molar-refractivity contribution is 0.0531. The molecule has 1 fully saturated rings. The maximum Gasteiger partial charge on any atom is 0.251 e. The van der Waals surface area contributed by atoms with Crippen molar-refractivity contribution in [3.63, 3.8) is 0 Å². The monoisotopic (exact) mass is 287 g/mol. The zero-order chi connectivity index (χ0) is 15.0. The third-order valence-corrected chi connectivity index (χ3v) is 5.35. The van der Waals surface area contributed by atoms with Crippen LogP contribution in [0.3, 0.4) is 0 Å². The van der Waals surface area contributed by atoms with E-state index in [-0.39, 0.29) is 17.2 Å². The molecule has 1 aromatic carbocycles. The van der Waals surface area contributed by atoms with Gasteiger partial charge in [-0.15, -0.1) is 0 Å². The van der Waals surface area contributed by atoms with Gasteiger partial charge >= 0.3 is 0 Å². The van der Waals surface area contributed by atoms with Gasteiger partial charge in [-0.1, -0.05) is 32.4 Å². The Morgan fingerprint density at radius 2 is 2.14 bits per heavy atom. The molecule has 2 atom stereocenters. The summed E-state index contributed by atoms with van der Waals surface area (Å²) in [5, 5.41) is 13.7. The van der Waals surface area contributed by atoms with Crippen LogP contribution in [0.4, 0.5) is 0 Å². The van der Waals surface area contributed by atoms with Crippen LogP contribution in [0.1, 0.15) is 67.1 Å². The van der Waals surface area contributed by atoms with E-state index in [1.54, 1.807) is 0 Å². The fraction of sp³-hybridized carbons (Fsp3) is 0.611. The molecule has 3 nitrogen and oxygen atoms in total. The maximum absolute atomic E-state index is 12.1. The van der Waals surface area contributed by atoms with Crippen LogP contribution >= 0.6 is 0 Å². The van der Waals surface area contributed by atoms with Crippen LogP contribution in [-0.2, 0) is 6.42 Å². The average molecular weight is 287 g/mol. The van der Waals surface area contributed by atoms with E-state index >= 15 is 0 Å². The highest BCUT2D eigenvalue weighted by molar-refractivity contribution is 5.96. The number of nitrogens with one attached hydrogen (secondary N) is 1.